The van der Waals surface area contributed by atoms with Gasteiger partial charge < -0.3 is 5.11 Å². The molecule has 0 atom stereocenters. The molecule has 1 aromatic heterocycles. The Morgan fingerprint density at radius 2 is 1.83 bits per heavy atom. The van der Waals surface area contributed by atoms with Gasteiger partial charge in [-0.25, -0.2) is 9.48 Å². The normalized spacial score (nSPS) is 10.8. The van der Waals surface area contributed by atoms with Crippen LogP contribution in [-0.4, -0.2) is 20.9 Å². The van der Waals surface area contributed by atoms with Crippen molar-refractivity contribution in [3.05, 3.63) is 68.8 Å². The van der Waals surface area contributed by atoms with E-state index < -0.39 is 5.97 Å². The molecule has 0 aliphatic carbocycles. The Morgan fingerprint density at radius 1 is 1.08 bits per heavy atom. The van der Waals surface area contributed by atoms with Crippen molar-refractivity contribution in [3.63, 3.8) is 0 Å². The number of hydrogen-bond donors (Lipinski definition) is 1. The molecule has 2 aromatic carbocycles. The van der Waals surface area contributed by atoms with E-state index in [0.29, 0.717) is 37.7 Å². The molecule has 0 amide bonds. The average Bonchev–Trinajstić information content (AvgIpc) is 2.87. The van der Waals surface area contributed by atoms with Crippen LogP contribution in [0.3, 0.4) is 0 Å². The zero-order valence-corrected chi connectivity index (χ0v) is 14.7. The van der Waals surface area contributed by atoms with E-state index in [2.05, 4.69) is 5.10 Å². The van der Waals surface area contributed by atoms with Crippen molar-refractivity contribution < 1.29 is 9.90 Å². The summed E-state index contributed by atoms with van der Waals surface area (Å²) in [5.41, 5.74) is 2.16. The van der Waals surface area contributed by atoms with Gasteiger partial charge >= 0.3 is 5.97 Å². The predicted octanol–water partition coefficient (Wildman–Crippen LogP) is 5.51. The van der Waals surface area contributed by atoms with E-state index in [9.17, 15) is 9.90 Å². The molecule has 0 fully saturated rings. The summed E-state index contributed by atoms with van der Waals surface area (Å²) in [5.74, 6) is -1.07. The summed E-state index contributed by atoms with van der Waals surface area (Å²) in [6.07, 6.45) is 0. The van der Waals surface area contributed by atoms with Crippen LogP contribution in [0.25, 0.3) is 16.9 Å². The average molecular weight is 382 g/mol. The number of aromatic carboxylic acids is 1. The lowest BCUT2D eigenvalue weighted by atomic mass is 10.1. The van der Waals surface area contributed by atoms with Gasteiger partial charge in [-0.15, -0.1) is 0 Å². The van der Waals surface area contributed by atoms with E-state index in [-0.39, 0.29) is 5.56 Å². The van der Waals surface area contributed by atoms with E-state index in [4.69, 9.17) is 34.8 Å². The fourth-order valence-corrected chi connectivity index (χ4v) is 2.95. The molecule has 0 aliphatic rings. The van der Waals surface area contributed by atoms with Gasteiger partial charge in [-0.2, -0.15) is 5.10 Å². The summed E-state index contributed by atoms with van der Waals surface area (Å²) in [7, 11) is 0. The van der Waals surface area contributed by atoms with Crippen molar-refractivity contribution in [2.45, 2.75) is 6.92 Å². The lowest BCUT2D eigenvalue weighted by Gasteiger charge is -2.04. The molecular weight excluding hydrogens is 371 g/mol. The Morgan fingerprint density at radius 3 is 2.46 bits per heavy atom. The molecule has 3 aromatic rings. The quantitative estimate of drug-likeness (QED) is 0.651. The molecule has 7 heteroatoms. The van der Waals surface area contributed by atoms with Crippen LogP contribution in [0.5, 0.6) is 0 Å². The van der Waals surface area contributed by atoms with Crippen LogP contribution >= 0.6 is 34.8 Å². The lowest BCUT2D eigenvalue weighted by molar-refractivity contribution is 0.0697. The number of carboxylic acids is 1. The van der Waals surface area contributed by atoms with E-state index in [1.165, 1.54) is 0 Å². The second kappa shape index (κ2) is 6.48. The van der Waals surface area contributed by atoms with E-state index in [0.717, 1.165) is 0 Å². The minimum absolute atomic E-state index is 0.105. The monoisotopic (exact) mass is 380 g/mol. The standard InChI is InChI=1S/C17H11Cl3N2O2/c1-9-15(17(23)24)16(10-5-6-13(19)14(20)7-10)21-22(9)12-4-2-3-11(18)8-12/h2-8H,1H3,(H,23,24). The highest BCUT2D eigenvalue weighted by molar-refractivity contribution is 6.42. The highest BCUT2D eigenvalue weighted by atomic mass is 35.5. The fraction of sp³-hybridized carbons (Fsp3) is 0.0588. The maximum absolute atomic E-state index is 11.7. The van der Waals surface area contributed by atoms with Gasteiger partial charge in [0, 0.05) is 10.6 Å². The molecule has 122 valence electrons. The van der Waals surface area contributed by atoms with Crippen LogP contribution in [0, 0.1) is 6.92 Å². The van der Waals surface area contributed by atoms with Gasteiger partial charge in [0.2, 0.25) is 0 Å². The number of nitrogens with zero attached hydrogens (tertiary/aromatic N) is 2. The molecule has 1 N–H and O–H groups in total. The molecule has 0 saturated heterocycles. The first-order valence-corrected chi connectivity index (χ1v) is 8.06. The van der Waals surface area contributed by atoms with E-state index in [1.807, 2.05) is 0 Å². The Bertz CT molecular complexity index is 951. The summed E-state index contributed by atoms with van der Waals surface area (Å²) >= 11 is 18.0. The van der Waals surface area contributed by atoms with Crippen LogP contribution in [0.15, 0.2) is 42.5 Å². The molecule has 0 saturated carbocycles. The van der Waals surface area contributed by atoms with Crippen molar-refractivity contribution >= 4 is 40.8 Å². The topological polar surface area (TPSA) is 55.1 Å². The fourth-order valence-electron chi connectivity index (χ4n) is 2.46. The molecule has 1 heterocycles. The third kappa shape index (κ3) is 3.00. The SMILES string of the molecule is Cc1c(C(=O)O)c(-c2ccc(Cl)c(Cl)c2)nn1-c1cccc(Cl)c1. The predicted molar refractivity (Wildman–Crippen MR) is 95.7 cm³/mol. The Hall–Kier alpha value is -2.01. The lowest BCUT2D eigenvalue weighted by Crippen LogP contribution is -2.02. The number of carboxylic acid groups (broad SMARTS) is 1. The third-order valence-corrected chi connectivity index (χ3v) is 4.55. The largest absolute Gasteiger partial charge is 0.478 e. The summed E-state index contributed by atoms with van der Waals surface area (Å²) in [6.45, 7) is 1.69. The van der Waals surface area contributed by atoms with Gasteiger partial charge in [-0.1, -0.05) is 46.9 Å². The highest BCUT2D eigenvalue weighted by Crippen LogP contribution is 2.32. The Kier molecular flexibility index (Phi) is 4.54. The molecule has 0 unspecified atom stereocenters. The first kappa shape index (κ1) is 16.8. The van der Waals surface area contributed by atoms with Gasteiger partial charge in [0.25, 0.3) is 0 Å². The number of halogens is 3. The molecule has 0 spiro atoms. The number of benzene rings is 2. The van der Waals surface area contributed by atoms with Crippen LogP contribution in [0.1, 0.15) is 16.1 Å². The number of aromatic nitrogens is 2. The van der Waals surface area contributed by atoms with Crippen molar-refractivity contribution in [2.24, 2.45) is 0 Å². The van der Waals surface area contributed by atoms with Crippen molar-refractivity contribution in [1.82, 2.24) is 9.78 Å². The number of carbonyl (C=O) groups is 1. The molecular formula is C17H11Cl3N2O2. The smallest absolute Gasteiger partial charge is 0.339 e. The Labute approximate surface area is 153 Å². The maximum Gasteiger partial charge on any atom is 0.339 e. The molecule has 3 rings (SSSR count). The highest BCUT2D eigenvalue weighted by Gasteiger charge is 2.23. The first-order valence-electron chi connectivity index (χ1n) is 6.92. The van der Waals surface area contributed by atoms with Crippen LogP contribution in [0.2, 0.25) is 15.1 Å². The minimum Gasteiger partial charge on any atom is -0.478 e. The summed E-state index contributed by atoms with van der Waals surface area (Å²) < 4.78 is 1.55. The summed E-state index contributed by atoms with van der Waals surface area (Å²) in [4.78, 5) is 11.7. The van der Waals surface area contributed by atoms with Crippen LogP contribution in [0.4, 0.5) is 0 Å². The van der Waals surface area contributed by atoms with Gasteiger partial charge in [-0.3, -0.25) is 0 Å². The van der Waals surface area contributed by atoms with Crippen LogP contribution in [-0.2, 0) is 0 Å². The number of rotatable bonds is 3. The second-order valence-electron chi connectivity index (χ2n) is 5.13. The second-order valence-corrected chi connectivity index (χ2v) is 6.39. The van der Waals surface area contributed by atoms with E-state index >= 15 is 0 Å². The molecule has 24 heavy (non-hydrogen) atoms. The summed E-state index contributed by atoms with van der Waals surface area (Å²) in [5, 5.41) is 15.3. The van der Waals surface area contributed by atoms with Crippen molar-refractivity contribution in [1.29, 1.82) is 0 Å². The van der Waals surface area contributed by atoms with Gasteiger partial charge in [0.1, 0.15) is 11.3 Å². The zero-order valence-electron chi connectivity index (χ0n) is 12.4. The maximum atomic E-state index is 11.7. The molecule has 0 bridgehead atoms. The summed E-state index contributed by atoms with van der Waals surface area (Å²) in [6, 6.07) is 11.9. The Balaban J connectivity index is 2.25. The van der Waals surface area contributed by atoms with Gasteiger partial charge in [0.15, 0.2) is 0 Å². The van der Waals surface area contributed by atoms with Crippen molar-refractivity contribution in [2.75, 3.05) is 0 Å². The van der Waals surface area contributed by atoms with E-state index in [1.54, 1.807) is 54.1 Å². The van der Waals surface area contributed by atoms with Crippen molar-refractivity contribution in [3.8, 4) is 16.9 Å². The van der Waals surface area contributed by atoms with Crippen LogP contribution < -0.4 is 0 Å². The minimum atomic E-state index is -1.07. The molecule has 4 nitrogen and oxygen atoms in total. The zero-order chi connectivity index (χ0) is 17.4. The number of hydrogen-bond acceptors (Lipinski definition) is 2. The molecule has 0 radical (unpaired) electrons. The van der Waals surface area contributed by atoms with Gasteiger partial charge in [-0.05, 0) is 37.3 Å². The third-order valence-electron chi connectivity index (χ3n) is 3.58. The van der Waals surface area contributed by atoms with Gasteiger partial charge in [0.05, 0.1) is 21.4 Å². The first-order chi connectivity index (χ1) is 11.4. The molecule has 0 aliphatic heterocycles.